The standard InChI is InChI=1S/C14H19N5O3/c20-14(17-10-1-2-10)9-18-6-5-11(8-18)16-13-4-3-12(7-15-13)19(21)22/h3-4,7,10-11H,1-2,5-6,8-9H2,(H,15,16)(H,17,20). The molecular formula is C14H19N5O3. The van der Waals surface area contributed by atoms with Crippen molar-refractivity contribution in [3.8, 4) is 0 Å². The number of nitro groups is 1. The van der Waals surface area contributed by atoms with Gasteiger partial charge in [-0.25, -0.2) is 4.98 Å². The fourth-order valence-electron chi connectivity index (χ4n) is 2.59. The highest BCUT2D eigenvalue weighted by Gasteiger charge is 2.27. The Hall–Kier alpha value is -2.22. The Balaban J connectivity index is 1.45. The molecule has 1 aromatic heterocycles. The number of carbonyl (C=O) groups excluding carboxylic acids is 1. The van der Waals surface area contributed by atoms with Gasteiger partial charge in [-0.1, -0.05) is 0 Å². The Labute approximate surface area is 128 Å². The first kappa shape index (κ1) is 14.7. The van der Waals surface area contributed by atoms with Gasteiger partial charge in [0.15, 0.2) is 0 Å². The number of amides is 1. The molecular weight excluding hydrogens is 286 g/mol. The largest absolute Gasteiger partial charge is 0.366 e. The maximum atomic E-state index is 11.8. The Morgan fingerprint density at radius 2 is 2.18 bits per heavy atom. The van der Waals surface area contributed by atoms with Gasteiger partial charge in [0.2, 0.25) is 5.91 Å². The maximum Gasteiger partial charge on any atom is 0.287 e. The average molecular weight is 305 g/mol. The number of nitrogens with one attached hydrogen (secondary N) is 2. The number of aromatic nitrogens is 1. The molecule has 1 unspecified atom stereocenters. The monoisotopic (exact) mass is 305 g/mol. The van der Waals surface area contributed by atoms with Crippen molar-refractivity contribution in [3.63, 3.8) is 0 Å². The van der Waals surface area contributed by atoms with Crippen molar-refractivity contribution in [1.29, 1.82) is 0 Å². The van der Waals surface area contributed by atoms with Crippen LogP contribution in [-0.4, -0.2) is 52.4 Å². The molecule has 1 amide bonds. The molecule has 1 aromatic rings. The lowest BCUT2D eigenvalue weighted by Crippen LogP contribution is -2.38. The lowest BCUT2D eigenvalue weighted by Gasteiger charge is -2.16. The Morgan fingerprint density at radius 1 is 1.36 bits per heavy atom. The third kappa shape index (κ3) is 3.91. The van der Waals surface area contributed by atoms with Crippen molar-refractivity contribution in [2.24, 2.45) is 0 Å². The normalized spacial score (nSPS) is 21.5. The zero-order chi connectivity index (χ0) is 15.5. The van der Waals surface area contributed by atoms with Gasteiger partial charge >= 0.3 is 0 Å². The van der Waals surface area contributed by atoms with Gasteiger partial charge in [-0.15, -0.1) is 0 Å². The van der Waals surface area contributed by atoms with Crippen LogP contribution in [0.5, 0.6) is 0 Å². The molecule has 1 saturated carbocycles. The van der Waals surface area contributed by atoms with Crippen molar-refractivity contribution in [2.45, 2.75) is 31.3 Å². The number of anilines is 1. The predicted octanol–water partition coefficient (Wildman–Crippen LogP) is 0.755. The number of rotatable bonds is 6. The van der Waals surface area contributed by atoms with Crippen LogP contribution < -0.4 is 10.6 Å². The van der Waals surface area contributed by atoms with Crippen LogP contribution in [0.4, 0.5) is 11.5 Å². The second-order valence-corrected chi connectivity index (χ2v) is 5.87. The molecule has 0 spiro atoms. The van der Waals surface area contributed by atoms with E-state index in [1.165, 1.54) is 12.3 Å². The Morgan fingerprint density at radius 3 is 2.82 bits per heavy atom. The number of carbonyl (C=O) groups is 1. The predicted molar refractivity (Wildman–Crippen MR) is 80.5 cm³/mol. The van der Waals surface area contributed by atoms with Gasteiger partial charge in [-0.2, -0.15) is 0 Å². The van der Waals surface area contributed by atoms with E-state index < -0.39 is 4.92 Å². The highest BCUT2D eigenvalue weighted by atomic mass is 16.6. The number of hydrogen-bond acceptors (Lipinski definition) is 6. The fourth-order valence-corrected chi connectivity index (χ4v) is 2.59. The summed E-state index contributed by atoms with van der Waals surface area (Å²) in [5, 5.41) is 16.8. The summed E-state index contributed by atoms with van der Waals surface area (Å²) in [5.41, 5.74) is -0.0182. The molecule has 2 aliphatic rings. The van der Waals surface area contributed by atoms with Crippen molar-refractivity contribution in [3.05, 3.63) is 28.4 Å². The van der Waals surface area contributed by atoms with E-state index in [4.69, 9.17) is 0 Å². The van der Waals surface area contributed by atoms with Crippen LogP contribution in [0.1, 0.15) is 19.3 Å². The van der Waals surface area contributed by atoms with Crippen molar-refractivity contribution in [2.75, 3.05) is 25.0 Å². The maximum absolute atomic E-state index is 11.8. The Bertz CT molecular complexity index is 558. The van der Waals surface area contributed by atoms with Crippen molar-refractivity contribution < 1.29 is 9.72 Å². The molecule has 8 nitrogen and oxygen atoms in total. The van der Waals surface area contributed by atoms with E-state index in [1.54, 1.807) is 6.07 Å². The van der Waals surface area contributed by atoms with E-state index in [0.717, 1.165) is 32.4 Å². The molecule has 8 heteroatoms. The quantitative estimate of drug-likeness (QED) is 0.594. The van der Waals surface area contributed by atoms with Gasteiger partial charge in [-0.3, -0.25) is 19.8 Å². The molecule has 118 valence electrons. The minimum absolute atomic E-state index is 0.0182. The van der Waals surface area contributed by atoms with Gasteiger partial charge < -0.3 is 10.6 Å². The second kappa shape index (κ2) is 6.27. The minimum atomic E-state index is -0.466. The summed E-state index contributed by atoms with van der Waals surface area (Å²) >= 11 is 0. The lowest BCUT2D eigenvalue weighted by molar-refractivity contribution is -0.385. The van der Waals surface area contributed by atoms with E-state index >= 15 is 0 Å². The summed E-state index contributed by atoms with van der Waals surface area (Å²) in [6.45, 7) is 2.07. The molecule has 3 rings (SSSR count). The van der Waals surface area contributed by atoms with E-state index in [0.29, 0.717) is 18.4 Å². The molecule has 22 heavy (non-hydrogen) atoms. The SMILES string of the molecule is O=C(CN1CCC(Nc2ccc([N+](=O)[O-])cn2)C1)NC1CC1. The first-order valence-corrected chi connectivity index (χ1v) is 7.49. The van der Waals surface area contributed by atoms with E-state index in [-0.39, 0.29) is 17.6 Å². The van der Waals surface area contributed by atoms with Crippen LogP contribution in [0.2, 0.25) is 0 Å². The van der Waals surface area contributed by atoms with Gasteiger partial charge in [0.25, 0.3) is 5.69 Å². The summed E-state index contributed by atoms with van der Waals surface area (Å²) in [5.74, 6) is 0.719. The topological polar surface area (TPSA) is 100 Å². The number of hydrogen-bond donors (Lipinski definition) is 2. The molecule has 2 N–H and O–H groups in total. The number of nitrogens with zero attached hydrogens (tertiary/aromatic N) is 3. The summed E-state index contributed by atoms with van der Waals surface area (Å²) in [4.78, 5) is 28.0. The van der Waals surface area contributed by atoms with Crippen LogP contribution in [0.15, 0.2) is 18.3 Å². The Kier molecular flexibility index (Phi) is 4.19. The van der Waals surface area contributed by atoms with E-state index in [1.807, 2.05) is 0 Å². The van der Waals surface area contributed by atoms with Crippen molar-refractivity contribution in [1.82, 2.24) is 15.2 Å². The van der Waals surface area contributed by atoms with Crippen LogP contribution in [0, 0.1) is 10.1 Å². The van der Waals surface area contributed by atoms with Gasteiger partial charge in [0.05, 0.1) is 11.5 Å². The molecule has 2 heterocycles. The molecule has 2 fully saturated rings. The smallest absolute Gasteiger partial charge is 0.287 e. The zero-order valence-electron chi connectivity index (χ0n) is 12.2. The molecule has 1 saturated heterocycles. The molecule has 1 atom stereocenters. The van der Waals surface area contributed by atoms with Gasteiger partial charge in [-0.05, 0) is 25.3 Å². The zero-order valence-corrected chi connectivity index (χ0v) is 12.2. The number of pyridine rings is 1. The van der Waals surface area contributed by atoms with Crippen LogP contribution in [-0.2, 0) is 4.79 Å². The highest BCUT2D eigenvalue weighted by Crippen LogP contribution is 2.19. The molecule has 0 bridgehead atoms. The molecule has 0 aromatic carbocycles. The summed E-state index contributed by atoms with van der Waals surface area (Å²) in [7, 11) is 0. The summed E-state index contributed by atoms with van der Waals surface area (Å²) in [6.07, 6.45) is 4.37. The van der Waals surface area contributed by atoms with Crippen LogP contribution in [0.25, 0.3) is 0 Å². The van der Waals surface area contributed by atoms with Crippen LogP contribution >= 0.6 is 0 Å². The fraction of sp³-hybridized carbons (Fsp3) is 0.571. The minimum Gasteiger partial charge on any atom is -0.366 e. The highest BCUT2D eigenvalue weighted by molar-refractivity contribution is 5.78. The molecule has 1 aliphatic carbocycles. The third-order valence-electron chi connectivity index (χ3n) is 3.89. The summed E-state index contributed by atoms with van der Waals surface area (Å²) < 4.78 is 0. The summed E-state index contributed by atoms with van der Waals surface area (Å²) in [6, 6.07) is 3.65. The molecule has 0 radical (unpaired) electrons. The lowest BCUT2D eigenvalue weighted by atomic mass is 10.2. The number of likely N-dealkylation sites (tertiary alicyclic amines) is 1. The average Bonchev–Trinajstić information content (AvgIpc) is 3.18. The van der Waals surface area contributed by atoms with Gasteiger partial charge in [0.1, 0.15) is 12.0 Å². The third-order valence-corrected chi connectivity index (χ3v) is 3.89. The van der Waals surface area contributed by atoms with E-state index in [9.17, 15) is 14.9 Å². The first-order valence-electron chi connectivity index (χ1n) is 7.49. The van der Waals surface area contributed by atoms with Crippen LogP contribution in [0.3, 0.4) is 0 Å². The molecule has 1 aliphatic heterocycles. The van der Waals surface area contributed by atoms with Crippen molar-refractivity contribution >= 4 is 17.4 Å². The second-order valence-electron chi connectivity index (χ2n) is 5.87. The van der Waals surface area contributed by atoms with Gasteiger partial charge in [0, 0.05) is 31.2 Å². The van der Waals surface area contributed by atoms with E-state index in [2.05, 4.69) is 20.5 Å². The first-order chi connectivity index (χ1) is 10.6.